The Morgan fingerprint density at radius 3 is 2.19 bits per heavy atom. The van der Waals surface area contributed by atoms with Gasteiger partial charge in [0, 0.05) is 0 Å². The average molecular weight is 272 g/mol. The van der Waals surface area contributed by atoms with Gasteiger partial charge in [-0.25, -0.2) is 0 Å². The molecular formula is C21H20. The molecule has 0 radical (unpaired) electrons. The van der Waals surface area contributed by atoms with Crippen LogP contribution in [0.3, 0.4) is 0 Å². The standard InChI is InChI=1S/C21H20/c1-16(2)18-13-10-17(11-14-18)12-15-20-8-5-7-19-6-3-4-9-21(19)20/h3-16H,1-2H3/b15-12-. The van der Waals surface area contributed by atoms with Crippen LogP contribution in [0.25, 0.3) is 22.9 Å². The van der Waals surface area contributed by atoms with Crippen LogP contribution in [-0.4, -0.2) is 0 Å². The molecule has 21 heavy (non-hydrogen) atoms. The third-order valence-corrected chi connectivity index (χ3v) is 3.88. The molecule has 3 aromatic rings. The lowest BCUT2D eigenvalue weighted by molar-refractivity contribution is 0.866. The molecule has 3 aromatic carbocycles. The molecule has 0 aromatic heterocycles. The minimum Gasteiger partial charge on any atom is -0.0616 e. The van der Waals surface area contributed by atoms with Crippen molar-refractivity contribution in [3.05, 3.63) is 83.4 Å². The lowest BCUT2D eigenvalue weighted by Gasteiger charge is -2.05. The van der Waals surface area contributed by atoms with Gasteiger partial charge in [-0.2, -0.15) is 0 Å². The fraction of sp³-hybridized carbons (Fsp3) is 0.143. The molecule has 0 spiro atoms. The molecule has 0 saturated heterocycles. The highest BCUT2D eigenvalue weighted by Gasteiger charge is 1.98. The van der Waals surface area contributed by atoms with E-state index in [0.717, 1.165) is 0 Å². The summed E-state index contributed by atoms with van der Waals surface area (Å²) in [4.78, 5) is 0. The van der Waals surface area contributed by atoms with Gasteiger partial charge in [0.2, 0.25) is 0 Å². The maximum Gasteiger partial charge on any atom is -0.0111 e. The molecule has 0 atom stereocenters. The molecule has 0 heteroatoms. The minimum atomic E-state index is 0.584. The van der Waals surface area contributed by atoms with Crippen LogP contribution in [0.5, 0.6) is 0 Å². The van der Waals surface area contributed by atoms with Gasteiger partial charge in [0.25, 0.3) is 0 Å². The quantitative estimate of drug-likeness (QED) is 0.503. The Balaban J connectivity index is 1.91. The molecule has 0 amide bonds. The lowest BCUT2D eigenvalue weighted by Crippen LogP contribution is -1.85. The summed E-state index contributed by atoms with van der Waals surface area (Å²) in [5.74, 6) is 0.584. The Bertz CT molecular complexity index is 756. The molecule has 0 N–H and O–H groups in total. The number of rotatable bonds is 3. The highest BCUT2D eigenvalue weighted by molar-refractivity contribution is 5.92. The van der Waals surface area contributed by atoms with Gasteiger partial charge in [-0.3, -0.25) is 0 Å². The summed E-state index contributed by atoms with van der Waals surface area (Å²) >= 11 is 0. The number of fused-ring (bicyclic) bond motifs is 1. The van der Waals surface area contributed by atoms with Crippen LogP contribution in [0.2, 0.25) is 0 Å². The molecule has 0 aliphatic rings. The van der Waals surface area contributed by atoms with Crippen molar-refractivity contribution in [2.75, 3.05) is 0 Å². The summed E-state index contributed by atoms with van der Waals surface area (Å²) in [5.41, 5.74) is 3.89. The van der Waals surface area contributed by atoms with Gasteiger partial charge in [-0.1, -0.05) is 92.7 Å². The molecular weight excluding hydrogens is 252 g/mol. The van der Waals surface area contributed by atoms with Gasteiger partial charge in [-0.05, 0) is 33.4 Å². The zero-order chi connectivity index (χ0) is 14.7. The first-order valence-electron chi connectivity index (χ1n) is 7.50. The van der Waals surface area contributed by atoms with Crippen LogP contribution >= 0.6 is 0 Å². The Kier molecular flexibility index (Phi) is 3.87. The summed E-state index contributed by atoms with van der Waals surface area (Å²) in [6.07, 6.45) is 4.39. The molecule has 0 nitrogen and oxygen atoms in total. The SMILES string of the molecule is CC(C)c1ccc(/C=C\c2cccc3ccccc23)cc1. The van der Waals surface area contributed by atoms with Crippen molar-refractivity contribution < 1.29 is 0 Å². The van der Waals surface area contributed by atoms with Crippen molar-refractivity contribution in [3.8, 4) is 0 Å². The van der Waals surface area contributed by atoms with Crippen molar-refractivity contribution in [2.45, 2.75) is 19.8 Å². The van der Waals surface area contributed by atoms with E-state index in [-0.39, 0.29) is 0 Å². The van der Waals surface area contributed by atoms with Crippen LogP contribution in [0.4, 0.5) is 0 Å². The highest BCUT2D eigenvalue weighted by atomic mass is 14.0. The van der Waals surface area contributed by atoms with Crippen LogP contribution in [0.15, 0.2) is 66.7 Å². The molecule has 0 aliphatic heterocycles. The number of hydrogen-bond donors (Lipinski definition) is 0. The van der Waals surface area contributed by atoms with Gasteiger partial charge >= 0.3 is 0 Å². The van der Waals surface area contributed by atoms with Crippen LogP contribution in [0, 0.1) is 0 Å². The van der Waals surface area contributed by atoms with Gasteiger partial charge in [0.15, 0.2) is 0 Å². The average Bonchev–Trinajstić information content (AvgIpc) is 2.53. The fourth-order valence-corrected chi connectivity index (χ4v) is 2.57. The Hall–Kier alpha value is -2.34. The smallest absolute Gasteiger partial charge is 0.0111 e. The second-order valence-electron chi connectivity index (χ2n) is 5.72. The minimum absolute atomic E-state index is 0.584. The second-order valence-corrected chi connectivity index (χ2v) is 5.72. The zero-order valence-corrected chi connectivity index (χ0v) is 12.6. The van der Waals surface area contributed by atoms with Crippen molar-refractivity contribution in [3.63, 3.8) is 0 Å². The van der Waals surface area contributed by atoms with Crippen LogP contribution < -0.4 is 0 Å². The lowest BCUT2D eigenvalue weighted by atomic mass is 10.0. The monoisotopic (exact) mass is 272 g/mol. The van der Waals surface area contributed by atoms with E-state index in [0.29, 0.717) is 5.92 Å². The normalized spacial score (nSPS) is 11.6. The molecule has 104 valence electrons. The Morgan fingerprint density at radius 2 is 1.43 bits per heavy atom. The summed E-state index contributed by atoms with van der Waals surface area (Å²) < 4.78 is 0. The van der Waals surface area contributed by atoms with E-state index in [1.807, 2.05) is 0 Å². The summed E-state index contributed by atoms with van der Waals surface area (Å²) in [7, 11) is 0. The van der Waals surface area contributed by atoms with E-state index in [2.05, 4.69) is 92.7 Å². The predicted octanol–water partition coefficient (Wildman–Crippen LogP) is 6.13. The molecule has 0 unspecified atom stereocenters. The molecule has 0 bridgehead atoms. The van der Waals surface area contributed by atoms with Crippen LogP contribution in [-0.2, 0) is 0 Å². The van der Waals surface area contributed by atoms with Crippen molar-refractivity contribution in [1.82, 2.24) is 0 Å². The van der Waals surface area contributed by atoms with Crippen molar-refractivity contribution in [1.29, 1.82) is 0 Å². The Morgan fingerprint density at radius 1 is 0.714 bits per heavy atom. The first-order valence-corrected chi connectivity index (χ1v) is 7.50. The van der Waals surface area contributed by atoms with Gasteiger partial charge in [0.05, 0.1) is 0 Å². The molecule has 0 saturated carbocycles. The largest absolute Gasteiger partial charge is 0.0616 e. The highest BCUT2D eigenvalue weighted by Crippen LogP contribution is 2.21. The third-order valence-electron chi connectivity index (χ3n) is 3.88. The zero-order valence-electron chi connectivity index (χ0n) is 12.6. The topological polar surface area (TPSA) is 0 Å². The maximum absolute atomic E-state index is 2.22. The van der Waals surface area contributed by atoms with Gasteiger partial charge in [-0.15, -0.1) is 0 Å². The van der Waals surface area contributed by atoms with Crippen LogP contribution in [0.1, 0.15) is 36.5 Å². The molecule has 3 rings (SSSR count). The number of benzene rings is 3. The molecule has 0 aliphatic carbocycles. The van der Waals surface area contributed by atoms with E-state index in [1.165, 1.54) is 27.5 Å². The molecule has 0 fully saturated rings. The van der Waals surface area contributed by atoms with E-state index in [1.54, 1.807) is 0 Å². The summed E-state index contributed by atoms with van der Waals surface area (Å²) in [6, 6.07) is 23.8. The number of hydrogen-bond acceptors (Lipinski definition) is 0. The summed E-state index contributed by atoms with van der Waals surface area (Å²) in [5, 5.41) is 2.59. The van der Waals surface area contributed by atoms with Gasteiger partial charge < -0.3 is 0 Å². The third kappa shape index (κ3) is 3.05. The first-order chi connectivity index (χ1) is 10.2. The van der Waals surface area contributed by atoms with E-state index >= 15 is 0 Å². The Labute approximate surface area is 126 Å². The fourth-order valence-electron chi connectivity index (χ4n) is 2.57. The van der Waals surface area contributed by atoms with E-state index in [9.17, 15) is 0 Å². The van der Waals surface area contributed by atoms with Crippen molar-refractivity contribution >= 4 is 22.9 Å². The van der Waals surface area contributed by atoms with E-state index < -0.39 is 0 Å². The van der Waals surface area contributed by atoms with Crippen molar-refractivity contribution in [2.24, 2.45) is 0 Å². The van der Waals surface area contributed by atoms with Gasteiger partial charge in [0.1, 0.15) is 0 Å². The molecule has 0 heterocycles. The van der Waals surface area contributed by atoms with E-state index in [4.69, 9.17) is 0 Å². The first kappa shape index (κ1) is 13.6. The second kappa shape index (κ2) is 5.97. The predicted molar refractivity (Wildman–Crippen MR) is 93.4 cm³/mol. The summed E-state index contributed by atoms with van der Waals surface area (Å²) in [6.45, 7) is 4.45. The maximum atomic E-state index is 2.22.